The van der Waals surface area contributed by atoms with E-state index < -0.39 is 23.8 Å². The predicted octanol–water partition coefficient (Wildman–Crippen LogP) is 1.89. The van der Waals surface area contributed by atoms with Gasteiger partial charge >= 0.3 is 0 Å². The van der Waals surface area contributed by atoms with Crippen molar-refractivity contribution in [2.45, 2.75) is 18.9 Å². The fourth-order valence-corrected chi connectivity index (χ4v) is 3.50. The van der Waals surface area contributed by atoms with E-state index in [2.05, 4.69) is 41.5 Å². The van der Waals surface area contributed by atoms with Crippen LogP contribution in [-0.2, 0) is 9.59 Å². The average Bonchev–Trinajstić information content (AvgIpc) is 3.62. The second-order valence-corrected chi connectivity index (χ2v) is 7.86. The molecule has 1 unspecified atom stereocenters. The molecule has 1 aliphatic rings. The molecule has 1 fully saturated rings. The molecular weight excluding hydrogens is 396 g/mol. The van der Waals surface area contributed by atoms with Gasteiger partial charge in [-0.2, -0.15) is 0 Å². The monoisotopic (exact) mass is 424 g/mol. The van der Waals surface area contributed by atoms with Crippen molar-refractivity contribution in [2.75, 3.05) is 32.6 Å². The minimum atomic E-state index is -1.48. The Hall–Kier alpha value is -3.39. The highest BCUT2D eigenvalue weighted by Gasteiger charge is 2.33. The number of rotatable bonds is 8. The van der Waals surface area contributed by atoms with Gasteiger partial charge in [0.05, 0.1) is 0 Å². The number of likely N-dealkylation sites (N-methyl/N-ethyl adjacent to an activating group) is 2. The van der Waals surface area contributed by atoms with Crippen molar-refractivity contribution < 1.29 is 19.6 Å². The van der Waals surface area contributed by atoms with Crippen molar-refractivity contribution in [2.24, 2.45) is 5.92 Å². The Labute approximate surface area is 181 Å². The Morgan fingerprint density at radius 1 is 0.968 bits per heavy atom. The number of hydrogen-bond donors (Lipinski definition) is 3. The van der Waals surface area contributed by atoms with Crippen LogP contribution in [0.2, 0.25) is 0 Å². The molecule has 31 heavy (non-hydrogen) atoms. The van der Waals surface area contributed by atoms with Crippen molar-refractivity contribution in [3.8, 4) is 11.1 Å². The summed E-state index contributed by atoms with van der Waals surface area (Å²) in [6, 6.07) is 13.7. The van der Waals surface area contributed by atoms with E-state index in [0.29, 0.717) is 5.56 Å². The standard InChI is InChI=1S/C23H28N4O4/c1-24-21(28)20(22(29)25-31)27(3)23(30)18-8-6-16(7-9-18)17-10-12-19(13-11-17)26(2)14-15-4-5-15/h6-13,15,20,31H,4-5,14H2,1-3H3,(H,24,28)(H,25,29). The Kier molecular flexibility index (Phi) is 6.91. The topological polar surface area (TPSA) is 102 Å². The first-order chi connectivity index (χ1) is 14.8. The van der Waals surface area contributed by atoms with Gasteiger partial charge in [0.2, 0.25) is 0 Å². The average molecular weight is 425 g/mol. The summed E-state index contributed by atoms with van der Waals surface area (Å²) in [5, 5.41) is 11.2. The van der Waals surface area contributed by atoms with Gasteiger partial charge in [-0.05, 0) is 54.2 Å². The van der Waals surface area contributed by atoms with Crippen LogP contribution in [0.4, 0.5) is 5.69 Å². The van der Waals surface area contributed by atoms with Crippen molar-refractivity contribution >= 4 is 23.4 Å². The molecule has 0 aromatic heterocycles. The number of carbonyl (C=O) groups is 3. The maximum Gasteiger partial charge on any atom is 0.275 e. The van der Waals surface area contributed by atoms with Gasteiger partial charge in [0, 0.05) is 38.9 Å². The number of carbonyl (C=O) groups excluding carboxylic acids is 3. The van der Waals surface area contributed by atoms with Crippen molar-refractivity contribution in [3.05, 3.63) is 54.1 Å². The number of amides is 3. The summed E-state index contributed by atoms with van der Waals surface area (Å²) in [4.78, 5) is 39.9. The number of hydrogen-bond acceptors (Lipinski definition) is 5. The van der Waals surface area contributed by atoms with Crippen LogP contribution in [0, 0.1) is 5.92 Å². The summed E-state index contributed by atoms with van der Waals surface area (Å²) < 4.78 is 0. The third kappa shape index (κ3) is 5.21. The first-order valence-electron chi connectivity index (χ1n) is 10.2. The zero-order valence-electron chi connectivity index (χ0n) is 18.0. The summed E-state index contributed by atoms with van der Waals surface area (Å²) in [5.74, 6) is -1.38. The summed E-state index contributed by atoms with van der Waals surface area (Å²) in [6.07, 6.45) is 2.63. The molecule has 1 atom stereocenters. The molecule has 8 heteroatoms. The van der Waals surface area contributed by atoms with E-state index in [1.165, 1.54) is 38.1 Å². The van der Waals surface area contributed by atoms with Crippen LogP contribution < -0.4 is 15.7 Å². The van der Waals surface area contributed by atoms with Crippen LogP contribution in [0.15, 0.2) is 48.5 Å². The lowest BCUT2D eigenvalue weighted by Gasteiger charge is -2.25. The third-order valence-corrected chi connectivity index (χ3v) is 5.56. The molecular formula is C23H28N4O4. The third-order valence-electron chi connectivity index (χ3n) is 5.56. The molecule has 3 rings (SSSR count). The molecule has 1 aliphatic carbocycles. The second-order valence-electron chi connectivity index (χ2n) is 7.86. The second kappa shape index (κ2) is 9.61. The number of anilines is 1. The number of nitrogens with zero attached hydrogens (tertiary/aromatic N) is 2. The summed E-state index contributed by atoms with van der Waals surface area (Å²) in [5.41, 5.74) is 4.90. The molecule has 3 amide bonds. The number of hydroxylamine groups is 1. The minimum absolute atomic E-state index is 0.326. The molecule has 0 heterocycles. The highest BCUT2D eigenvalue weighted by Crippen LogP contribution is 2.31. The molecule has 0 spiro atoms. The first-order valence-corrected chi connectivity index (χ1v) is 10.2. The molecule has 0 aliphatic heterocycles. The van der Waals surface area contributed by atoms with Crippen LogP contribution in [-0.4, -0.2) is 61.6 Å². The van der Waals surface area contributed by atoms with Gasteiger partial charge in [-0.15, -0.1) is 0 Å². The number of nitrogens with one attached hydrogen (secondary N) is 2. The number of benzene rings is 2. The maximum absolute atomic E-state index is 12.8. The van der Waals surface area contributed by atoms with Crippen LogP contribution in [0.25, 0.3) is 11.1 Å². The molecule has 8 nitrogen and oxygen atoms in total. The van der Waals surface area contributed by atoms with Gasteiger partial charge in [-0.25, -0.2) is 5.48 Å². The Morgan fingerprint density at radius 3 is 2.00 bits per heavy atom. The zero-order valence-corrected chi connectivity index (χ0v) is 18.0. The van der Waals surface area contributed by atoms with Crippen LogP contribution >= 0.6 is 0 Å². The molecule has 0 saturated heterocycles. The fraction of sp³-hybridized carbons (Fsp3) is 0.348. The van der Waals surface area contributed by atoms with E-state index in [9.17, 15) is 14.4 Å². The van der Waals surface area contributed by atoms with Crippen LogP contribution in [0.5, 0.6) is 0 Å². The first kappa shape index (κ1) is 22.3. The Balaban J connectivity index is 1.72. The van der Waals surface area contributed by atoms with E-state index in [4.69, 9.17) is 5.21 Å². The van der Waals surface area contributed by atoms with E-state index in [1.54, 1.807) is 12.1 Å². The molecule has 2 aromatic rings. The molecule has 0 radical (unpaired) electrons. The molecule has 0 bridgehead atoms. The predicted molar refractivity (Wildman–Crippen MR) is 118 cm³/mol. The maximum atomic E-state index is 12.8. The van der Waals surface area contributed by atoms with Crippen molar-refractivity contribution in [1.29, 1.82) is 0 Å². The summed E-state index contributed by atoms with van der Waals surface area (Å²) >= 11 is 0. The van der Waals surface area contributed by atoms with Gasteiger partial charge in [-0.3, -0.25) is 19.6 Å². The quantitative estimate of drug-likeness (QED) is 0.341. The largest absolute Gasteiger partial charge is 0.374 e. The van der Waals surface area contributed by atoms with Gasteiger partial charge in [0.25, 0.3) is 17.7 Å². The zero-order chi connectivity index (χ0) is 22.5. The lowest BCUT2D eigenvalue weighted by molar-refractivity contribution is -0.140. The summed E-state index contributed by atoms with van der Waals surface area (Å²) in [6.45, 7) is 1.08. The van der Waals surface area contributed by atoms with Gasteiger partial charge in [0.1, 0.15) is 0 Å². The summed E-state index contributed by atoms with van der Waals surface area (Å²) in [7, 11) is 4.79. The SMILES string of the molecule is CNC(=O)C(C(=O)NO)N(C)C(=O)c1ccc(-c2ccc(N(C)CC3CC3)cc2)cc1. The van der Waals surface area contributed by atoms with E-state index in [0.717, 1.165) is 28.5 Å². The van der Waals surface area contributed by atoms with E-state index >= 15 is 0 Å². The normalized spacial score (nSPS) is 13.8. The highest BCUT2D eigenvalue weighted by atomic mass is 16.5. The lowest BCUT2D eigenvalue weighted by Crippen LogP contribution is -2.54. The Bertz CT molecular complexity index is 923. The minimum Gasteiger partial charge on any atom is -0.374 e. The van der Waals surface area contributed by atoms with Crippen LogP contribution in [0.3, 0.4) is 0 Å². The fourth-order valence-electron chi connectivity index (χ4n) is 3.50. The smallest absolute Gasteiger partial charge is 0.275 e. The lowest BCUT2D eigenvalue weighted by atomic mass is 10.0. The molecule has 164 valence electrons. The van der Waals surface area contributed by atoms with E-state index in [1.807, 2.05) is 12.1 Å². The Morgan fingerprint density at radius 2 is 1.52 bits per heavy atom. The van der Waals surface area contributed by atoms with E-state index in [-0.39, 0.29) is 0 Å². The highest BCUT2D eigenvalue weighted by molar-refractivity contribution is 6.08. The van der Waals surface area contributed by atoms with Crippen molar-refractivity contribution in [1.82, 2.24) is 15.7 Å². The molecule has 3 N–H and O–H groups in total. The molecule has 1 saturated carbocycles. The molecule has 2 aromatic carbocycles. The van der Waals surface area contributed by atoms with Gasteiger partial charge in [-0.1, -0.05) is 24.3 Å². The van der Waals surface area contributed by atoms with Crippen molar-refractivity contribution in [3.63, 3.8) is 0 Å². The van der Waals surface area contributed by atoms with Crippen LogP contribution in [0.1, 0.15) is 23.2 Å². The van der Waals surface area contributed by atoms with Gasteiger partial charge < -0.3 is 15.1 Å². The van der Waals surface area contributed by atoms with Gasteiger partial charge in [0.15, 0.2) is 6.04 Å².